The van der Waals surface area contributed by atoms with Gasteiger partial charge in [-0.1, -0.05) is 18.2 Å². The number of aliphatic hydroxyl groups is 1. The molecule has 2 aliphatic rings. The molecule has 0 bridgehead atoms. The lowest BCUT2D eigenvalue weighted by Gasteiger charge is -2.34. The second-order valence-corrected chi connectivity index (χ2v) is 7.39. The molecule has 1 aromatic carbocycles. The summed E-state index contributed by atoms with van der Waals surface area (Å²) in [6.07, 6.45) is 6.04. The third-order valence-electron chi connectivity index (χ3n) is 5.69. The number of rotatable bonds is 4. The first-order valence-electron chi connectivity index (χ1n) is 9.23. The maximum atomic E-state index is 9.16. The molecular formula is C20H27N3O2. The Hall–Kier alpha value is -1.69. The molecule has 0 amide bonds. The molecule has 0 unspecified atom stereocenters. The van der Waals surface area contributed by atoms with Crippen molar-refractivity contribution in [2.45, 2.75) is 44.9 Å². The van der Waals surface area contributed by atoms with Crippen LogP contribution >= 0.6 is 0 Å². The van der Waals surface area contributed by atoms with E-state index >= 15 is 0 Å². The average molecular weight is 341 g/mol. The van der Waals surface area contributed by atoms with Crippen LogP contribution in [0.2, 0.25) is 0 Å². The van der Waals surface area contributed by atoms with Crippen molar-refractivity contribution in [1.82, 2.24) is 14.5 Å². The smallest absolute Gasteiger partial charge is 0.140 e. The van der Waals surface area contributed by atoms with Gasteiger partial charge in [0.05, 0.1) is 12.7 Å². The summed E-state index contributed by atoms with van der Waals surface area (Å²) < 4.78 is 8.28. The van der Waals surface area contributed by atoms with Gasteiger partial charge >= 0.3 is 0 Å². The van der Waals surface area contributed by atoms with E-state index in [2.05, 4.69) is 47.7 Å². The third-order valence-corrected chi connectivity index (χ3v) is 5.69. The maximum Gasteiger partial charge on any atom is 0.140 e. The van der Waals surface area contributed by atoms with Gasteiger partial charge in [0.1, 0.15) is 5.82 Å². The van der Waals surface area contributed by atoms with Crippen LogP contribution < -0.4 is 0 Å². The summed E-state index contributed by atoms with van der Waals surface area (Å²) in [6.45, 7) is 7.25. The number of ether oxygens (including phenoxy) is 1. The van der Waals surface area contributed by atoms with E-state index in [1.54, 1.807) is 0 Å². The van der Waals surface area contributed by atoms with Crippen molar-refractivity contribution < 1.29 is 9.84 Å². The Morgan fingerprint density at radius 3 is 2.76 bits per heavy atom. The van der Waals surface area contributed by atoms with E-state index in [-0.39, 0.29) is 12.7 Å². The molecule has 2 aliphatic heterocycles. The van der Waals surface area contributed by atoms with Crippen LogP contribution in [-0.2, 0) is 4.74 Å². The molecular weight excluding hydrogens is 314 g/mol. The van der Waals surface area contributed by atoms with Gasteiger partial charge in [0.25, 0.3) is 0 Å². The van der Waals surface area contributed by atoms with Crippen molar-refractivity contribution >= 4 is 0 Å². The molecule has 2 saturated heterocycles. The van der Waals surface area contributed by atoms with Crippen LogP contribution in [0.15, 0.2) is 30.6 Å². The Morgan fingerprint density at radius 2 is 2.00 bits per heavy atom. The van der Waals surface area contributed by atoms with E-state index < -0.39 is 0 Å². The van der Waals surface area contributed by atoms with Gasteiger partial charge in [0, 0.05) is 49.7 Å². The number of hydrogen-bond donors (Lipinski definition) is 1. The van der Waals surface area contributed by atoms with Crippen LogP contribution in [0.3, 0.4) is 0 Å². The van der Waals surface area contributed by atoms with Gasteiger partial charge in [0.15, 0.2) is 0 Å². The molecule has 2 aromatic rings. The summed E-state index contributed by atoms with van der Waals surface area (Å²) >= 11 is 0. The zero-order valence-corrected chi connectivity index (χ0v) is 15.1. The van der Waals surface area contributed by atoms with E-state index in [1.165, 1.54) is 16.7 Å². The Kier molecular flexibility index (Phi) is 4.63. The van der Waals surface area contributed by atoms with Crippen LogP contribution in [0, 0.1) is 13.8 Å². The molecule has 3 atom stereocenters. The predicted molar refractivity (Wildman–Crippen MR) is 97.6 cm³/mol. The van der Waals surface area contributed by atoms with Gasteiger partial charge in [-0.25, -0.2) is 4.98 Å². The zero-order valence-electron chi connectivity index (χ0n) is 15.1. The number of aryl methyl sites for hydroxylation is 2. The number of fused-ring (bicyclic) bond motifs is 1. The molecule has 134 valence electrons. The Bertz CT molecular complexity index is 722. The fourth-order valence-electron chi connectivity index (χ4n) is 4.40. The lowest BCUT2D eigenvalue weighted by Crippen LogP contribution is -2.46. The van der Waals surface area contributed by atoms with Gasteiger partial charge in [-0.15, -0.1) is 0 Å². The molecule has 0 aliphatic carbocycles. The molecule has 0 saturated carbocycles. The number of nitrogens with zero attached hydrogens (tertiary/aromatic N) is 3. The van der Waals surface area contributed by atoms with E-state index in [4.69, 9.17) is 14.8 Å². The second kappa shape index (κ2) is 6.90. The topological polar surface area (TPSA) is 50.5 Å². The number of imidazole rings is 1. The Balaban J connectivity index is 1.58. The zero-order chi connectivity index (χ0) is 17.4. The summed E-state index contributed by atoms with van der Waals surface area (Å²) in [5.74, 6) is 1.08. The van der Waals surface area contributed by atoms with Gasteiger partial charge < -0.3 is 14.4 Å². The predicted octanol–water partition coefficient (Wildman–Crippen LogP) is 2.56. The molecule has 5 heteroatoms. The number of hydrogen-bond acceptors (Lipinski definition) is 4. The maximum absolute atomic E-state index is 9.16. The largest absolute Gasteiger partial charge is 0.396 e. The van der Waals surface area contributed by atoms with E-state index in [1.807, 2.05) is 6.20 Å². The molecule has 5 nitrogen and oxygen atoms in total. The van der Waals surface area contributed by atoms with Crippen molar-refractivity contribution in [3.05, 3.63) is 41.7 Å². The highest BCUT2D eigenvalue weighted by Crippen LogP contribution is 2.35. The highest BCUT2D eigenvalue weighted by Gasteiger charge is 2.38. The third kappa shape index (κ3) is 3.12. The lowest BCUT2D eigenvalue weighted by molar-refractivity contribution is -0.0567. The molecule has 25 heavy (non-hydrogen) atoms. The van der Waals surface area contributed by atoms with Crippen LogP contribution in [0.1, 0.15) is 30.0 Å². The van der Waals surface area contributed by atoms with Crippen molar-refractivity contribution in [2.24, 2.45) is 0 Å². The molecule has 4 rings (SSSR count). The van der Waals surface area contributed by atoms with Gasteiger partial charge in [-0.05, 0) is 37.8 Å². The highest BCUT2D eigenvalue weighted by molar-refractivity contribution is 5.65. The summed E-state index contributed by atoms with van der Waals surface area (Å²) in [7, 11) is 0. The van der Waals surface area contributed by atoms with Gasteiger partial charge in [-0.2, -0.15) is 0 Å². The van der Waals surface area contributed by atoms with Crippen molar-refractivity contribution in [2.75, 3.05) is 26.3 Å². The van der Waals surface area contributed by atoms with Crippen LogP contribution in [-0.4, -0.2) is 58.0 Å². The number of aliphatic hydroxyl groups excluding tert-OH is 1. The lowest BCUT2D eigenvalue weighted by atomic mass is 10.0. The Morgan fingerprint density at radius 1 is 1.20 bits per heavy atom. The summed E-state index contributed by atoms with van der Waals surface area (Å²) in [6, 6.07) is 7.33. The summed E-state index contributed by atoms with van der Waals surface area (Å²) in [5, 5.41) is 9.16. The first-order chi connectivity index (χ1) is 12.2. The van der Waals surface area contributed by atoms with Crippen molar-refractivity contribution in [3.63, 3.8) is 0 Å². The standard InChI is InChI=1S/C20H27N3O2/c1-14-4-3-5-15(2)19(14)20-21-7-8-23(20)16-10-17-13-25-18(6-9-24)12-22(17)11-16/h3-5,7-8,16-18,24H,6,9-13H2,1-2H3/t16-,17-,18-/m0/s1. The quantitative estimate of drug-likeness (QED) is 0.929. The van der Waals surface area contributed by atoms with Crippen molar-refractivity contribution in [1.29, 1.82) is 0 Å². The second-order valence-electron chi connectivity index (χ2n) is 7.39. The Labute approximate surface area is 149 Å². The first-order valence-corrected chi connectivity index (χ1v) is 9.23. The van der Waals surface area contributed by atoms with E-state index in [0.717, 1.165) is 38.4 Å². The number of aromatic nitrogens is 2. The molecule has 0 radical (unpaired) electrons. The van der Waals surface area contributed by atoms with E-state index in [9.17, 15) is 0 Å². The molecule has 0 spiro atoms. The molecule has 1 N–H and O–H groups in total. The molecule has 1 aromatic heterocycles. The van der Waals surface area contributed by atoms with Gasteiger partial charge in [0.2, 0.25) is 0 Å². The SMILES string of the molecule is Cc1cccc(C)c1-c1nccn1[C@H]1C[C@H]2CO[C@@H](CCO)CN2C1. The van der Waals surface area contributed by atoms with Gasteiger partial charge in [-0.3, -0.25) is 4.90 Å². The first kappa shape index (κ1) is 16.8. The van der Waals surface area contributed by atoms with E-state index in [0.29, 0.717) is 12.1 Å². The van der Waals surface area contributed by atoms with Crippen LogP contribution in [0.4, 0.5) is 0 Å². The minimum atomic E-state index is 0.167. The summed E-state index contributed by atoms with van der Waals surface area (Å²) in [4.78, 5) is 7.23. The normalized spacial score (nSPS) is 26.8. The number of benzene rings is 1. The monoisotopic (exact) mass is 341 g/mol. The average Bonchev–Trinajstić information content (AvgIpc) is 3.21. The minimum Gasteiger partial charge on any atom is -0.396 e. The molecule has 2 fully saturated rings. The van der Waals surface area contributed by atoms with Crippen LogP contribution in [0.25, 0.3) is 11.4 Å². The van der Waals surface area contributed by atoms with Crippen molar-refractivity contribution in [3.8, 4) is 11.4 Å². The number of morpholine rings is 1. The minimum absolute atomic E-state index is 0.167. The molecule has 3 heterocycles. The fraction of sp³-hybridized carbons (Fsp3) is 0.550. The van der Waals surface area contributed by atoms with Crippen LogP contribution in [0.5, 0.6) is 0 Å². The summed E-state index contributed by atoms with van der Waals surface area (Å²) in [5.41, 5.74) is 3.80. The fourth-order valence-corrected chi connectivity index (χ4v) is 4.40. The highest BCUT2D eigenvalue weighted by atomic mass is 16.5.